The SMILES string of the molecule is CC[N+](C)(CC)CC1CCC(C(=C\c2cc[n+](C)c3ccccc23)/C=C2/Sc3ccccc3N2C)CC1. The topological polar surface area (TPSA) is 7.12 Å². The minimum absolute atomic E-state index is 0.608. The summed E-state index contributed by atoms with van der Waals surface area (Å²) in [5.74, 6) is 1.45. The number of rotatable bonds is 7. The molecule has 194 valence electrons. The average molecular weight is 514 g/mol. The standard InChI is InChI=1S/C33H43N3S/c1-6-36(5,7-2)24-25-16-18-26(19-17-25)28(23-33-35(4)31-14-10-11-15-32(31)37-33)22-27-20-21-34(3)30-13-9-8-12-29(27)30/h8-15,20-23,25-26H,6-7,16-19,24H2,1-5H3/q+2. The van der Waals surface area contributed by atoms with E-state index in [2.05, 4.69) is 117 Å². The minimum atomic E-state index is 0.608. The summed E-state index contributed by atoms with van der Waals surface area (Å²) in [6.07, 6.45) is 12.4. The third-order valence-corrected chi connectivity index (χ3v) is 10.2. The molecule has 1 aliphatic carbocycles. The van der Waals surface area contributed by atoms with E-state index in [1.807, 2.05) is 11.8 Å². The summed E-state index contributed by atoms with van der Waals surface area (Å²) in [6.45, 7) is 8.49. The molecule has 2 heterocycles. The predicted octanol–water partition coefficient (Wildman–Crippen LogP) is 7.42. The molecular weight excluding hydrogens is 470 g/mol. The molecule has 2 aromatic carbocycles. The Kier molecular flexibility index (Phi) is 7.78. The highest BCUT2D eigenvalue weighted by Crippen LogP contribution is 2.46. The van der Waals surface area contributed by atoms with Crippen molar-refractivity contribution in [2.75, 3.05) is 38.6 Å². The van der Waals surface area contributed by atoms with Crippen molar-refractivity contribution >= 4 is 34.4 Å². The predicted molar refractivity (Wildman–Crippen MR) is 159 cm³/mol. The maximum Gasteiger partial charge on any atom is 0.212 e. The zero-order chi connectivity index (χ0) is 26.0. The van der Waals surface area contributed by atoms with Crippen molar-refractivity contribution in [3.05, 3.63) is 83.0 Å². The highest BCUT2D eigenvalue weighted by atomic mass is 32.2. The van der Waals surface area contributed by atoms with Gasteiger partial charge in [-0.1, -0.05) is 42.1 Å². The van der Waals surface area contributed by atoms with Crippen molar-refractivity contribution < 1.29 is 9.05 Å². The fourth-order valence-electron chi connectivity index (χ4n) is 6.14. The van der Waals surface area contributed by atoms with Gasteiger partial charge in [0.05, 0.1) is 42.8 Å². The van der Waals surface area contributed by atoms with E-state index in [1.54, 1.807) is 0 Å². The average Bonchev–Trinajstić information content (AvgIpc) is 3.25. The summed E-state index contributed by atoms with van der Waals surface area (Å²) in [5, 5.41) is 2.66. The van der Waals surface area contributed by atoms with Gasteiger partial charge in [-0.05, 0) is 80.9 Å². The van der Waals surface area contributed by atoms with Crippen molar-refractivity contribution in [3.63, 3.8) is 0 Å². The number of aryl methyl sites for hydroxylation is 1. The normalized spacial score (nSPS) is 21.6. The molecule has 3 nitrogen and oxygen atoms in total. The van der Waals surface area contributed by atoms with Crippen LogP contribution in [0.15, 0.2) is 82.4 Å². The molecule has 1 saturated carbocycles. The first-order valence-corrected chi connectivity index (χ1v) is 14.9. The first-order chi connectivity index (χ1) is 17.9. The molecule has 1 aromatic heterocycles. The van der Waals surface area contributed by atoms with Gasteiger partial charge in [-0.3, -0.25) is 0 Å². The van der Waals surface area contributed by atoms with Gasteiger partial charge in [-0.25, -0.2) is 4.57 Å². The van der Waals surface area contributed by atoms with Crippen molar-refractivity contribution in [2.45, 2.75) is 44.4 Å². The molecule has 0 atom stereocenters. The Morgan fingerprint density at radius 3 is 2.43 bits per heavy atom. The van der Waals surface area contributed by atoms with Crippen LogP contribution in [0, 0.1) is 11.8 Å². The lowest BCUT2D eigenvalue weighted by Gasteiger charge is -2.38. The summed E-state index contributed by atoms with van der Waals surface area (Å²) in [4.78, 5) is 3.72. The van der Waals surface area contributed by atoms with Gasteiger partial charge in [0, 0.05) is 30.0 Å². The summed E-state index contributed by atoms with van der Waals surface area (Å²) in [7, 11) is 6.79. The molecule has 0 bridgehead atoms. The maximum atomic E-state index is 2.50. The van der Waals surface area contributed by atoms with E-state index in [0.29, 0.717) is 5.92 Å². The van der Waals surface area contributed by atoms with Gasteiger partial charge < -0.3 is 9.38 Å². The van der Waals surface area contributed by atoms with Crippen molar-refractivity contribution in [3.8, 4) is 0 Å². The molecule has 2 aliphatic rings. The maximum absolute atomic E-state index is 2.50. The summed E-state index contributed by atoms with van der Waals surface area (Å²) in [6, 6.07) is 19.9. The molecule has 1 aliphatic heterocycles. The molecule has 5 rings (SSSR count). The molecule has 0 radical (unpaired) electrons. The molecule has 1 fully saturated rings. The third-order valence-electron chi connectivity index (χ3n) is 9.00. The lowest BCUT2D eigenvalue weighted by molar-refractivity contribution is -0.909. The van der Waals surface area contributed by atoms with Crippen molar-refractivity contribution in [1.82, 2.24) is 0 Å². The number of thioether (sulfide) groups is 1. The second-order valence-electron chi connectivity index (χ2n) is 11.3. The van der Waals surface area contributed by atoms with Crippen LogP contribution in [0.4, 0.5) is 5.69 Å². The van der Waals surface area contributed by atoms with E-state index >= 15 is 0 Å². The summed E-state index contributed by atoms with van der Waals surface area (Å²) in [5.41, 5.74) is 5.41. The molecule has 0 amide bonds. The quantitative estimate of drug-likeness (QED) is 0.240. The summed E-state index contributed by atoms with van der Waals surface area (Å²) < 4.78 is 3.43. The van der Waals surface area contributed by atoms with Crippen LogP contribution in [0.2, 0.25) is 0 Å². The summed E-state index contributed by atoms with van der Waals surface area (Å²) >= 11 is 1.91. The van der Waals surface area contributed by atoms with Gasteiger partial charge in [-0.15, -0.1) is 0 Å². The third kappa shape index (κ3) is 5.51. The van der Waals surface area contributed by atoms with Crippen LogP contribution in [0.25, 0.3) is 17.0 Å². The number of aromatic nitrogens is 1. The van der Waals surface area contributed by atoms with Gasteiger partial charge in [0.15, 0.2) is 6.20 Å². The number of hydrogen-bond acceptors (Lipinski definition) is 2. The van der Waals surface area contributed by atoms with Crippen molar-refractivity contribution in [1.29, 1.82) is 0 Å². The smallest absolute Gasteiger partial charge is 0.212 e. The first kappa shape index (κ1) is 26.1. The van der Waals surface area contributed by atoms with Gasteiger partial charge in [0.2, 0.25) is 5.52 Å². The number of para-hydroxylation sites is 2. The highest BCUT2D eigenvalue weighted by molar-refractivity contribution is 8.03. The van der Waals surface area contributed by atoms with Crippen molar-refractivity contribution in [2.24, 2.45) is 18.9 Å². The van der Waals surface area contributed by atoms with E-state index in [0.717, 1.165) is 5.92 Å². The van der Waals surface area contributed by atoms with Crippen LogP contribution >= 0.6 is 11.8 Å². The van der Waals surface area contributed by atoms with Crippen LogP contribution in [0.1, 0.15) is 45.1 Å². The van der Waals surface area contributed by atoms with Gasteiger partial charge in [-0.2, -0.15) is 0 Å². The highest BCUT2D eigenvalue weighted by Gasteiger charge is 2.30. The Morgan fingerprint density at radius 2 is 1.70 bits per heavy atom. The molecule has 0 unspecified atom stereocenters. The number of benzene rings is 2. The molecule has 0 spiro atoms. The molecule has 0 N–H and O–H groups in total. The number of anilines is 1. The fourth-order valence-corrected chi connectivity index (χ4v) is 7.25. The van der Waals surface area contributed by atoms with Gasteiger partial charge in [0.25, 0.3) is 0 Å². The van der Waals surface area contributed by atoms with Gasteiger partial charge >= 0.3 is 0 Å². The fraction of sp³-hybridized carbons (Fsp3) is 0.424. The number of allylic oxidation sites excluding steroid dienone is 2. The second kappa shape index (κ2) is 11.0. The van der Waals surface area contributed by atoms with Crippen LogP contribution in [0.3, 0.4) is 0 Å². The van der Waals surface area contributed by atoms with Gasteiger partial charge in [0.1, 0.15) is 7.05 Å². The van der Waals surface area contributed by atoms with Crippen LogP contribution < -0.4 is 9.47 Å². The second-order valence-corrected chi connectivity index (χ2v) is 12.4. The van der Waals surface area contributed by atoms with E-state index in [4.69, 9.17) is 0 Å². The molecule has 4 heteroatoms. The largest absolute Gasteiger partial charge is 0.338 e. The zero-order valence-electron chi connectivity index (χ0n) is 23.3. The Balaban J connectivity index is 1.47. The van der Waals surface area contributed by atoms with E-state index in [9.17, 15) is 0 Å². The first-order valence-electron chi connectivity index (χ1n) is 14.1. The molecule has 37 heavy (non-hydrogen) atoms. The number of pyridine rings is 1. The van der Waals surface area contributed by atoms with E-state index in [1.165, 1.54) is 87.5 Å². The lowest BCUT2D eigenvalue weighted by Crippen LogP contribution is -2.47. The zero-order valence-corrected chi connectivity index (χ0v) is 24.1. The Hall–Kier alpha value is -2.56. The van der Waals surface area contributed by atoms with E-state index in [-0.39, 0.29) is 0 Å². The number of quaternary nitrogens is 1. The molecule has 0 saturated heterocycles. The Labute approximate surface area is 228 Å². The lowest BCUT2D eigenvalue weighted by atomic mass is 9.77. The number of hydrogen-bond donors (Lipinski definition) is 0. The number of nitrogens with zero attached hydrogens (tertiary/aromatic N) is 3. The molecular formula is C33H43N3S+2. The van der Waals surface area contributed by atoms with Crippen LogP contribution in [-0.4, -0.2) is 38.2 Å². The van der Waals surface area contributed by atoms with Crippen LogP contribution in [0.5, 0.6) is 0 Å². The monoisotopic (exact) mass is 513 g/mol. The number of fused-ring (bicyclic) bond motifs is 2. The molecule has 3 aromatic rings. The Morgan fingerprint density at radius 1 is 1.00 bits per heavy atom. The van der Waals surface area contributed by atoms with Crippen LogP contribution in [-0.2, 0) is 7.05 Å². The van der Waals surface area contributed by atoms with E-state index < -0.39 is 0 Å². The Bertz CT molecular complexity index is 1310. The minimum Gasteiger partial charge on any atom is -0.338 e.